The van der Waals surface area contributed by atoms with Gasteiger partial charge in [-0.3, -0.25) is 0 Å². The quantitative estimate of drug-likeness (QED) is 0.200. The van der Waals surface area contributed by atoms with E-state index in [9.17, 15) is 0 Å². The van der Waals surface area contributed by atoms with Gasteiger partial charge >= 0.3 is 0 Å². The molecule has 0 saturated heterocycles. The summed E-state index contributed by atoms with van der Waals surface area (Å²) < 4.78 is 6.40. The van der Waals surface area contributed by atoms with Gasteiger partial charge in [0.15, 0.2) is 0 Å². The van der Waals surface area contributed by atoms with Crippen LogP contribution in [0.1, 0.15) is 0 Å². The molecular weight excluding hydrogens is 520 g/mol. The highest BCUT2D eigenvalue weighted by molar-refractivity contribution is 6.11. The summed E-state index contributed by atoms with van der Waals surface area (Å²) in [4.78, 5) is 0. The molecule has 8 aromatic rings. The number of fused-ring (bicyclic) bond motifs is 5. The van der Waals surface area contributed by atoms with Gasteiger partial charge in [0.25, 0.3) is 0 Å². The molecule has 0 fully saturated rings. The smallest absolute Gasteiger partial charge is 0.135 e. The number of para-hydroxylation sites is 1. The molecule has 0 spiro atoms. The van der Waals surface area contributed by atoms with E-state index in [0.29, 0.717) is 0 Å². The third-order valence-corrected chi connectivity index (χ3v) is 8.83. The highest BCUT2D eigenvalue weighted by Crippen LogP contribution is 2.49. The molecule has 1 aliphatic rings. The van der Waals surface area contributed by atoms with Gasteiger partial charge in [-0.1, -0.05) is 121 Å². The monoisotopic (exact) mass is 546 g/mol. The Balaban J connectivity index is 1.27. The van der Waals surface area contributed by atoms with E-state index < -0.39 is 0 Å². The van der Waals surface area contributed by atoms with E-state index in [2.05, 4.69) is 146 Å². The van der Waals surface area contributed by atoms with Gasteiger partial charge in [-0.2, -0.15) is 0 Å². The summed E-state index contributed by atoms with van der Waals surface area (Å²) in [5.41, 5.74) is 9.57. The lowest BCUT2D eigenvalue weighted by atomic mass is 9.88. The predicted octanol–water partition coefficient (Wildman–Crippen LogP) is 11.9. The first-order valence-corrected chi connectivity index (χ1v) is 14.8. The molecule has 0 N–H and O–H groups in total. The van der Waals surface area contributed by atoms with E-state index in [4.69, 9.17) is 4.74 Å². The zero-order valence-electron chi connectivity index (χ0n) is 23.4. The highest BCUT2D eigenvalue weighted by Gasteiger charge is 2.21. The molecule has 1 nitrogen and oxygen atoms in total. The molecular formula is C42H26O. The molecule has 0 saturated carbocycles. The minimum atomic E-state index is 0.910. The Bertz CT molecular complexity index is 2360. The lowest BCUT2D eigenvalue weighted by molar-refractivity contribution is 0.487. The second-order valence-corrected chi connectivity index (χ2v) is 11.3. The van der Waals surface area contributed by atoms with Crippen LogP contribution >= 0.6 is 0 Å². The van der Waals surface area contributed by atoms with Crippen molar-refractivity contribution >= 4 is 32.3 Å². The van der Waals surface area contributed by atoms with E-state index in [0.717, 1.165) is 17.1 Å². The fourth-order valence-corrected chi connectivity index (χ4v) is 6.77. The van der Waals surface area contributed by atoms with Gasteiger partial charge in [-0.15, -0.1) is 0 Å². The van der Waals surface area contributed by atoms with Crippen molar-refractivity contribution < 1.29 is 4.74 Å². The van der Waals surface area contributed by atoms with Gasteiger partial charge in [0, 0.05) is 10.9 Å². The average Bonchev–Trinajstić information content (AvgIpc) is 3.08. The van der Waals surface area contributed by atoms with Crippen LogP contribution in [0.25, 0.3) is 76.8 Å². The molecule has 0 aromatic heterocycles. The first kappa shape index (κ1) is 24.0. The van der Waals surface area contributed by atoms with Crippen molar-refractivity contribution in [1.82, 2.24) is 0 Å². The number of rotatable bonds is 3. The summed E-state index contributed by atoms with van der Waals surface area (Å²) in [7, 11) is 0. The van der Waals surface area contributed by atoms with Gasteiger partial charge in [0.1, 0.15) is 11.5 Å². The minimum Gasteiger partial charge on any atom is -0.456 e. The Morgan fingerprint density at radius 2 is 1.00 bits per heavy atom. The molecule has 1 heteroatoms. The van der Waals surface area contributed by atoms with E-state index in [-0.39, 0.29) is 0 Å². The van der Waals surface area contributed by atoms with Crippen LogP contribution in [0.2, 0.25) is 0 Å². The summed E-state index contributed by atoms with van der Waals surface area (Å²) >= 11 is 0. The first-order chi connectivity index (χ1) is 21.3. The lowest BCUT2D eigenvalue weighted by Gasteiger charge is -2.22. The second kappa shape index (κ2) is 9.44. The van der Waals surface area contributed by atoms with Crippen LogP contribution in [-0.4, -0.2) is 0 Å². The van der Waals surface area contributed by atoms with Crippen LogP contribution in [0.15, 0.2) is 158 Å². The van der Waals surface area contributed by atoms with E-state index >= 15 is 0 Å². The summed E-state index contributed by atoms with van der Waals surface area (Å²) in [5.74, 6) is 1.82. The van der Waals surface area contributed by atoms with Gasteiger partial charge in [-0.05, 0) is 102 Å². The summed E-state index contributed by atoms with van der Waals surface area (Å²) in [5, 5.41) is 7.46. The van der Waals surface area contributed by atoms with Crippen LogP contribution in [-0.2, 0) is 0 Å². The number of ether oxygens (including phenoxy) is 1. The summed E-state index contributed by atoms with van der Waals surface area (Å²) in [6.45, 7) is 0. The number of hydrogen-bond acceptors (Lipinski definition) is 1. The second-order valence-electron chi connectivity index (χ2n) is 11.3. The zero-order valence-corrected chi connectivity index (χ0v) is 23.4. The standard InChI is InChI=1S/C42H26O/c1-2-9-27(10-3-1)31-24-32(29-19-20-35-30(23-29)18-17-28-11-4-5-12-34(28)35)26-33(25-31)36-21-22-41-42-38(36)14-8-15-39(42)37-13-6-7-16-40(37)43-41/h1-26H. The van der Waals surface area contributed by atoms with E-state index in [1.54, 1.807) is 0 Å². The molecule has 1 heterocycles. The van der Waals surface area contributed by atoms with Crippen molar-refractivity contribution in [2.75, 3.05) is 0 Å². The van der Waals surface area contributed by atoms with Crippen molar-refractivity contribution in [3.8, 4) is 56.0 Å². The topological polar surface area (TPSA) is 9.23 Å². The maximum atomic E-state index is 6.40. The van der Waals surface area contributed by atoms with Crippen molar-refractivity contribution in [2.45, 2.75) is 0 Å². The Kier molecular flexibility index (Phi) is 5.27. The maximum Gasteiger partial charge on any atom is 0.135 e. The van der Waals surface area contributed by atoms with Crippen LogP contribution in [0.4, 0.5) is 0 Å². The van der Waals surface area contributed by atoms with Crippen molar-refractivity contribution in [2.24, 2.45) is 0 Å². The fourth-order valence-electron chi connectivity index (χ4n) is 6.77. The van der Waals surface area contributed by atoms with Gasteiger partial charge < -0.3 is 4.74 Å². The molecule has 200 valence electrons. The molecule has 0 radical (unpaired) electrons. The molecule has 8 aromatic carbocycles. The zero-order chi connectivity index (χ0) is 28.3. The van der Waals surface area contributed by atoms with Crippen LogP contribution < -0.4 is 4.74 Å². The molecule has 43 heavy (non-hydrogen) atoms. The lowest BCUT2D eigenvalue weighted by Crippen LogP contribution is -1.97. The van der Waals surface area contributed by atoms with Crippen LogP contribution in [0.5, 0.6) is 11.5 Å². The third-order valence-electron chi connectivity index (χ3n) is 8.83. The molecule has 9 rings (SSSR count). The van der Waals surface area contributed by atoms with Crippen molar-refractivity contribution in [3.63, 3.8) is 0 Å². The normalized spacial score (nSPS) is 11.9. The number of hydrogen-bond donors (Lipinski definition) is 0. The predicted molar refractivity (Wildman–Crippen MR) is 181 cm³/mol. The maximum absolute atomic E-state index is 6.40. The molecule has 0 amide bonds. The van der Waals surface area contributed by atoms with E-state index in [1.165, 1.54) is 71.3 Å². The average molecular weight is 547 g/mol. The molecule has 0 unspecified atom stereocenters. The van der Waals surface area contributed by atoms with Gasteiger partial charge in [0.05, 0.1) is 0 Å². The number of benzene rings is 8. The van der Waals surface area contributed by atoms with Crippen LogP contribution in [0.3, 0.4) is 0 Å². The molecule has 0 aliphatic carbocycles. The minimum absolute atomic E-state index is 0.910. The molecule has 1 aliphatic heterocycles. The Morgan fingerprint density at radius 3 is 1.93 bits per heavy atom. The molecule has 0 bridgehead atoms. The van der Waals surface area contributed by atoms with Crippen molar-refractivity contribution in [3.05, 3.63) is 158 Å². The third kappa shape index (κ3) is 3.86. The van der Waals surface area contributed by atoms with Crippen LogP contribution in [0, 0.1) is 0 Å². The summed E-state index contributed by atoms with van der Waals surface area (Å²) in [6, 6.07) is 56.9. The SMILES string of the molecule is c1ccc(-c2cc(-c3ccc4c(ccc5ccccc54)c3)cc(-c3ccc4c5c(cccc35)-c3ccccc3O4)c2)cc1. The summed E-state index contributed by atoms with van der Waals surface area (Å²) in [6.07, 6.45) is 0. The van der Waals surface area contributed by atoms with Gasteiger partial charge in [0.2, 0.25) is 0 Å². The van der Waals surface area contributed by atoms with E-state index in [1.807, 2.05) is 12.1 Å². The first-order valence-electron chi connectivity index (χ1n) is 14.8. The largest absolute Gasteiger partial charge is 0.456 e. The molecule has 0 atom stereocenters. The Hall–Kier alpha value is -5.66. The van der Waals surface area contributed by atoms with Gasteiger partial charge in [-0.25, -0.2) is 0 Å². The fraction of sp³-hybridized carbons (Fsp3) is 0. The highest BCUT2D eigenvalue weighted by atomic mass is 16.5. The van der Waals surface area contributed by atoms with Crippen molar-refractivity contribution in [1.29, 1.82) is 0 Å². The Labute approximate surface area is 250 Å². The Morgan fingerprint density at radius 1 is 0.302 bits per heavy atom.